The van der Waals surface area contributed by atoms with E-state index in [0.717, 1.165) is 29.7 Å². The lowest BCUT2D eigenvalue weighted by atomic mass is 9.89. The van der Waals surface area contributed by atoms with Crippen LogP contribution in [0.1, 0.15) is 29.3 Å². The minimum absolute atomic E-state index is 0.00821. The molecule has 3 rings (SSSR count). The summed E-state index contributed by atoms with van der Waals surface area (Å²) in [4.78, 5) is 1.12. The highest BCUT2D eigenvalue weighted by molar-refractivity contribution is 7.92. The van der Waals surface area contributed by atoms with E-state index in [4.69, 9.17) is 0 Å². The number of nitrogens with one attached hydrogen (secondary N) is 2. The fourth-order valence-corrected chi connectivity index (χ4v) is 5.09. The van der Waals surface area contributed by atoms with Gasteiger partial charge in [-0.2, -0.15) is 18.8 Å². The van der Waals surface area contributed by atoms with Crippen molar-refractivity contribution < 1.29 is 8.42 Å². The lowest BCUT2D eigenvalue weighted by Gasteiger charge is -2.17. The van der Waals surface area contributed by atoms with E-state index < -0.39 is 10.0 Å². The van der Waals surface area contributed by atoms with Crippen molar-refractivity contribution >= 4 is 26.4 Å². The van der Waals surface area contributed by atoms with Gasteiger partial charge in [0.05, 0.1) is 11.8 Å². The molecule has 0 spiro atoms. The molecule has 0 aliphatic heterocycles. The van der Waals surface area contributed by atoms with E-state index in [0.29, 0.717) is 16.5 Å². The van der Waals surface area contributed by atoms with Gasteiger partial charge in [0, 0.05) is 4.88 Å². The fourth-order valence-electron chi connectivity index (χ4n) is 2.51. The van der Waals surface area contributed by atoms with Crippen LogP contribution in [0.4, 0.5) is 5.00 Å². The molecule has 110 valence electrons. The highest BCUT2D eigenvalue weighted by Gasteiger charge is 2.26. The summed E-state index contributed by atoms with van der Waals surface area (Å²) < 4.78 is 27.0. The van der Waals surface area contributed by atoms with Crippen molar-refractivity contribution in [2.24, 2.45) is 5.92 Å². The molecule has 2 aromatic heterocycles. The standard InChI is InChI=1S/C13H14N4O2S2/c1-8-2-3-9-10(7-14)13(20-11(9)6-8)17-21(18,19)12-4-5-15-16-12/h4-5,8,17H,2-3,6H2,1H3,(H,15,16). The van der Waals surface area contributed by atoms with Gasteiger partial charge in [0.15, 0.2) is 5.03 Å². The van der Waals surface area contributed by atoms with Crippen LogP contribution < -0.4 is 4.72 Å². The predicted octanol–water partition coefficient (Wildman–Crippen LogP) is 2.27. The first-order chi connectivity index (χ1) is 10.0. The zero-order valence-electron chi connectivity index (χ0n) is 11.4. The first kappa shape index (κ1) is 14.1. The Morgan fingerprint density at radius 3 is 3.05 bits per heavy atom. The van der Waals surface area contributed by atoms with Crippen LogP contribution in [0.25, 0.3) is 0 Å². The van der Waals surface area contributed by atoms with E-state index in [9.17, 15) is 13.7 Å². The van der Waals surface area contributed by atoms with Gasteiger partial charge in [-0.05, 0) is 36.8 Å². The number of fused-ring (bicyclic) bond motifs is 1. The van der Waals surface area contributed by atoms with Gasteiger partial charge >= 0.3 is 0 Å². The SMILES string of the molecule is CC1CCc2c(sc(NS(=O)(=O)c3ccn[nH]3)c2C#N)C1. The van der Waals surface area contributed by atoms with Gasteiger partial charge in [-0.3, -0.25) is 9.82 Å². The number of nitrogens with zero attached hydrogens (tertiary/aromatic N) is 2. The van der Waals surface area contributed by atoms with Crippen LogP contribution in [0.15, 0.2) is 17.3 Å². The number of rotatable bonds is 3. The molecule has 8 heteroatoms. The molecule has 1 aliphatic rings. The molecule has 0 bridgehead atoms. The van der Waals surface area contributed by atoms with Crippen molar-refractivity contribution in [1.29, 1.82) is 5.26 Å². The number of thiophene rings is 1. The number of anilines is 1. The zero-order chi connectivity index (χ0) is 15.0. The molecular weight excluding hydrogens is 308 g/mol. The minimum atomic E-state index is -3.72. The fraction of sp³-hybridized carbons (Fsp3) is 0.385. The Bertz CT molecular complexity index is 800. The van der Waals surface area contributed by atoms with Crippen molar-refractivity contribution in [3.63, 3.8) is 0 Å². The van der Waals surface area contributed by atoms with Crippen LogP contribution in [0.2, 0.25) is 0 Å². The lowest BCUT2D eigenvalue weighted by Crippen LogP contribution is -2.13. The van der Waals surface area contributed by atoms with Gasteiger partial charge in [0.2, 0.25) is 0 Å². The second-order valence-electron chi connectivity index (χ2n) is 5.19. The monoisotopic (exact) mass is 322 g/mol. The van der Waals surface area contributed by atoms with Gasteiger partial charge < -0.3 is 0 Å². The average Bonchev–Trinajstić information content (AvgIpc) is 3.04. The van der Waals surface area contributed by atoms with E-state index in [1.807, 2.05) is 0 Å². The third-order valence-corrected chi connectivity index (χ3v) is 6.19. The summed E-state index contributed by atoms with van der Waals surface area (Å²) in [5.74, 6) is 0.569. The third-order valence-electron chi connectivity index (χ3n) is 3.62. The van der Waals surface area contributed by atoms with Gasteiger partial charge in [0.1, 0.15) is 11.1 Å². The maximum absolute atomic E-state index is 12.2. The summed E-state index contributed by atoms with van der Waals surface area (Å²) in [6.45, 7) is 2.17. The molecule has 21 heavy (non-hydrogen) atoms. The number of aromatic nitrogens is 2. The van der Waals surface area contributed by atoms with E-state index in [-0.39, 0.29) is 5.03 Å². The van der Waals surface area contributed by atoms with E-state index in [2.05, 4.69) is 27.9 Å². The van der Waals surface area contributed by atoms with Gasteiger partial charge in [0.25, 0.3) is 10.0 Å². The zero-order valence-corrected chi connectivity index (χ0v) is 13.0. The smallest absolute Gasteiger partial charge is 0.268 e. The summed E-state index contributed by atoms with van der Waals surface area (Å²) in [6, 6.07) is 3.52. The Hall–Kier alpha value is -1.85. The second kappa shape index (κ2) is 5.16. The molecule has 1 unspecified atom stereocenters. The molecule has 1 aliphatic carbocycles. The molecule has 0 aromatic carbocycles. The lowest BCUT2D eigenvalue weighted by molar-refractivity contribution is 0.507. The van der Waals surface area contributed by atoms with Crippen LogP contribution >= 0.6 is 11.3 Å². The molecule has 6 nitrogen and oxygen atoms in total. The minimum Gasteiger partial charge on any atom is -0.268 e. The van der Waals surface area contributed by atoms with Crippen LogP contribution in [0, 0.1) is 17.2 Å². The number of H-pyrrole nitrogens is 1. The molecular formula is C13H14N4O2S2. The maximum atomic E-state index is 12.2. The normalized spacial score (nSPS) is 18.0. The average molecular weight is 322 g/mol. The van der Waals surface area contributed by atoms with Crippen molar-refractivity contribution in [1.82, 2.24) is 10.2 Å². The molecule has 0 fully saturated rings. The topological polar surface area (TPSA) is 98.6 Å². The van der Waals surface area contributed by atoms with Gasteiger partial charge in [-0.1, -0.05) is 6.92 Å². The van der Waals surface area contributed by atoms with Crippen molar-refractivity contribution in [2.75, 3.05) is 4.72 Å². The number of sulfonamides is 1. The Labute approximate surface area is 126 Å². The number of nitriles is 1. The Balaban J connectivity index is 1.99. The molecule has 1 atom stereocenters. The Morgan fingerprint density at radius 1 is 1.57 bits per heavy atom. The van der Waals surface area contributed by atoms with Crippen LogP contribution in [0.3, 0.4) is 0 Å². The van der Waals surface area contributed by atoms with E-state index in [1.165, 1.54) is 23.6 Å². The predicted molar refractivity (Wildman–Crippen MR) is 79.6 cm³/mol. The maximum Gasteiger partial charge on any atom is 0.279 e. The highest BCUT2D eigenvalue weighted by Crippen LogP contribution is 2.39. The van der Waals surface area contributed by atoms with Crippen LogP contribution in [-0.4, -0.2) is 18.6 Å². The van der Waals surface area contributed by atoms with Crippen molar-refractivity contribution in [2.45, 2.75) is 31.2 Å². The number of hydrogen-bond acceptors (Lipinski definition) is 5. The largest absolute Gasteiger partial charge is 0.279 e. The molecule has 2 heterocycles. The number of hydrogen-bond donors (Lipinski definition) is 2. The molecule has 0 radical (unpaired) electrons. The summed E-state index contributed by atoms with van der Waals surface area (Å²) in [6.07, 6.45) is 4.15. The summed E-state index contributed by atoms with van der Waals surface area (Å²) in [5.41, 5.74) is 1.47. The molecule has 2 N–H and O–H groups in total. The van der Waals surface area contributed by atoms with Gasteiger partial charge in [-0.15, -0.1) is 11.3 Å². The summed E-state index contributed by atoms with van der Waals surface area (Å²) in [7, 11) is -3.72. The quantitative estimate of drug-likeness (QED) is 0.905. The summed E-state index contributed by atoms with van der Waals surface area (Å²) in [5, 5.41) is 15.8. The second-order valence-corrected chi connectivity index (χ2v) is 7.95. The van der Waals surface area contributed by atoms with E-state index in [1.54, 1.807) is 0 Å². The first-order valence-electron chi connectivity index (χ1n) is 6.58. The molecule has 2 aromatic rings. The summed E-state index contributed by atoms with van der Waals surface area (Å²) >= 11 is 1.37. The van der Waals surface area contributed by atoms with Crippen molar-refractivity contribution in [3.8, 4) is 6.07 Å². The number of aromatic amines is 1. The molecule has 0 saturated heterocycles. The molecule has 0 amide bonds. The van der Waals surface area contributed by atoms with Crippen LogP contribution in [-0.2, 0) is 22.9 Å². The first-order valence-corrected chi connectivity index (χ1v) is 8.88. The van der Waals surface area contributed by atoms with E-state index >= 15 is 0 Å². The van der Waals surface area contributed by atoms with Crippen LogP contribution in [0.5, 0.6) is 0 Å². The Kier molecular flexibility index (Phi) is 3.47. The Morgan fingerprint density at radius 2 is 2.38 bits per heavy atom. The third kappa shape index (κ3) is 2.54. The van der Waals surface area contributed by atoms with Gasteiger partial charge in [-0.25, -0.2) is 0 Å². The highest BCUT2D eigenvalue weighted by atomic mass is 32.2. The van der Waals surface area contributed by atoms with Crippen molar-refractivity contribution in [3.05, 3.63) is 28.3 Å². The molecule has 0 saturated carbocycles.